The van der Waals surface area contributed by atoms with Gasteiger partial charge in [-0.25, -0.2) is 18.7 Å². The number of ether oxygens (including phenoxy) is 1. The van der Waals surface area contributed by atoms with E-state index in [1.165, 1.54) is 12.2 Å². The molecule has 0 radical (unpaired) electrons. The van der Waals surface area contributed by atoms with E-state index in [4.69, 9.17) is 4.74 Å². The number of fused-ring (bicyclic) bond motifs is 1. The van der Waals surface area contributed by atoms with Crippen molar-refractivity contribution in [3.8, 4) is 11.3 Å². The lowest BCUT2D eigenvalue weighted by Crippen LogP contribution is -2.38. The molecule has 1 atom stereocenters. The molecular weight excluding hydrogens is 447 g/mol. The van der Waals surface area contributed by atoms with Crippen LogP contribution in [0, 0.1) is 5.82 Å². The van der Waals surface area contributed by atoms with Crippen LogP contribution in [0.3, 0.4) is 0 Å². The van der Waals surface area contributed by atoms with E-state index >= 15 is 4.39 Å². The molecule has 0 spiro atoms. The van der Waals surface area contributed by atoms with Crippen molar-refractivity contribution in [1.82, 2.24) is 19.5 Å². The lowest BCUT2D eigenvalue weighted by atomic mass is 10.1. The van der Waals surface area contributed by atoms with Crippen LogP contribution in [0.5, 0.6) is 0 Å². The van der Waals surface area contributed by atoms with E-state index in [-0.39, 0.29) is 29.7 Å². The average Bonchev–Trinajstić information content (AvgIpc) is 3.16. The highest BCUT2D eigenvalue weighted by atomic mass is 19.1. The SMILES string of the molecule is CCOC(=O)/C=C/c1cccc(-c2cc3nc(C(=O)N4CCCCC[C@H]4C)cc(CC)n3n2)c1F. The number of halogens is 1. The second kappa shape index (κ2) is 10.8. The summed E-state index contributed by atoms with van der Waals surface area (Å²) in [5, 5.41) is 4.60. The molecule has 1 fully saturated rings. The quantitative estimate of drug-likeness (QED) is 0.365. The summed E-state index contributed by atoms with van der Waals surface area (Å²) in [6.07, 6.45) is 7.48. The maximum Gasteiger partial charge on any atom is 0.330 e. The second-order valence-corrected chi connectivity index (χ2v) is 8.78. The Balaban J connectivity index is 1.70. The molecular formula is C27H31FN4O3. The number of aromatic nitrogens is 3. The largest absolute Gasteiger partial charge is 0.463 e. The molecule has 7 nitrogen and oxygen atoms in total. The molecule has 1 amide bonds. The fourth-order valence-electron chi connectivity index (χ4n) is 4.48. The highest BCUT2D eigenvalue weighted by molar-refractivity contribution is 5.93. The highest BCUT2D eigenvalue weighted by Crippen LogP contribution is 2.27. The third-order valence-corrected chi connectivity index (χ3v) is 6.39. The first-order valence-corrected chi connectivity index (χ1v) is 12.3. The van der Waals surface area contributed by atoms with E-state index in [0.717, 1.165) is 37.9 Å². The first kappa shape index (κ1) is 24.6. The molecule has 184 valence electrons. The molecule has 4 rings (SSSR count). The van der Waals surface area contributed by atoms with Gasteiger partial charge in [0.15, 0.2) is 5.65 Å². The van der Waals surface area contributed by atoms with Crippen molar-refractivity contribution in [3.05, 3.63) is 59.2 Å². The Morgan fingerprint density at radius 2 is 2.03 bits per heavy atom. The van der Waals surface area contributed by atoms with Crippen molar-refractivity contribution in [1.29, 1.82) is 0 Å². The Morgan fingerprint density at radius 1 is 1.20 bits per heavy atom. The van der Waals surface area contributed by atoms with Gasteiger partial charge in [0, 0.05) is 41.5 Å². The van der Waals surface area contributed by atoms with Crippen LogP contribution >= 0.6 is 0 Å². The number of benzene rings is 1. The van der Waals surface area contributed by atoms with E-state index in [9.17, 15) is 9.59 Å². The first-order chi connectivity index (χ1) is 16.9. The summed E-state index contributed by atoms with van der Waals surface area (Å²) in [6.45, 7) is 6.77. The maximum absolute atomic E-state index is 15.3. The molecule has 1 aliphatic heterocycles. The lowest BCUT2D eigenvalue weighted by molar-refractivity contribution is -0.137. The highest BCUT2D eigenvalue weighted by Gasteiger charge is 2.25. The number of hydrogen-bond acceptors (Lipinski definition) is 5. The molecule has 0 saturated carbocycles. The molecule has 3 aromatic rings. The van der Waals surface area contributed by atoms with Crippen LogP contribution in [0.2, 0.25) is 0 Å². The maximum atomic E-state index is 15.3. The summed E-state index contributed by atoms with van der Waals surface area (Å²) >= 11 is 0. The number of hydrogen-bond donors (Lipinski definition) is 0. The van der Waals surface area contributed by atoms with Gasteiger partial charge in [0.1, 0.15) is 11.5 Å². The Labute approximate surface area is 204 Å². The number of carbonyl (C=O) groups excluding carboxylic acids is 2. The number of nitrogens with zero attached hydrogens (tertiary/aromatic N) is 4. The summed E-state index contributed by atoms with van der Waals surface area (Å²) in [4.78, 5) is 31.5. The van der Waals surface area contributed by atoms with Gasteiger partial charge in [-0.1, -0.05) is 31.9 Å². The second-order valence-electron chi connectivity index (χ2n) is 8.78. The van der Waals surface area contributed by atoms with Gasteiger partial charge in [0.2, 0.25) is 0 Å². The Hall–Kier alpha value is -3.55. The average molecular weight is 479 g/mol. The molecule has 0 unspecified atom stereocenters. The number of carbonyl (C=O) groups is 2. The van der Waals surface area contributed by atoms with Crippen LogP contribution in [-0.2, 0) is 16.0 Å². The fourth-order valence-corrected chi connectivity index (χ4v) is 4.48. The predicted molar refractivity (Wildman–Crippen MR) is 132 cm³/mol. The Morgan fingerprint density at radius 3 is 2.80 bits per heavy atom. The number of amides is 1. The first-order valence-electron chi connectivity index (χ1n) is 12.3. The lowest BCUT2D eigenvalue weighted by Gasteiger charge is -2.27. The van der Waals surface area contributed by atoms with Gasteiger partial charge < -0.3 is 9.64 Å². The van der Waals surface area contributed by atoms with Crippen molar-refractivity contribution in [3.63, 3.8) is 0 Å². The van der Waals surface area contributed by atoms with Gasteiger partial charge in [-0.15, -0.1) is 0 Å². The van der Waals surface area contributed by atoms with Gasteiger partial charge in [-0.05, 0) is 51.3 Å². The normalized spacial score (nSPS) is 16.6. The number of likely N-dealkylation sites (tertiary alicyclic amines) is 1. The van der Waals surface area contributed by atoms with E-state index in [2.05, 4.69) is 17.0 Å². The Bertz CT molecular complexity index is 1270. The van der Waals surface area contributed by atoms with E-state index in [0.29, 0.717) is 23.5 Å². The minimum atomic E-state index is -0.530. The van der Waals surface area contributed by atoms with E-state index in [1.807, 2.05) is 11.8 Å². The summed E-state index contributed by atoms with van der Waals surface area (Å²) < 4.78 is 21.8. The summed E-state index contributed by atoms with van der Waals surface area (Å²) in [7, 11) is 0. The minimum absolute atomic E-state index is 0.0726. The zero-order chi connectivity index (χ0) is 24.9. The van der Waals surface area contributed by atoms with E-state index in [1.54, 1.807) is 41.8 Å². The summed E-state index contributed by atoms with van der Waals surface area (Å²) in [5.41, 5.74) is 2.66. The molecule has 1 saturated heterocycles. The summed E-state index contributed by atoms with van der Waals surface area (Å²) in [5.74, 6) is -1.10. The van der Waals surface area contributed by atoms with Crippen LogP contribution in [0.1, 0.15) is 68.2 Å². The molecule has 0 bridgehead atoms. The van der Waals surface area contributed by atoms with Gasteiger partial charge in [0.05, 0.1) is 12.3 Å². The van der Waals surface area contributed by atoms with Crippen LogP contribution < -0.4 is 0 Å². The number of rotatable bonds is 6. The van der Waals surface area contributed by atoms with Gasteiger partial charge in [0.25, 0.3) is 5.91 Å². The molecule has 0 aliphatic carbocycles. The van der Waals surface area contributed by atoms with Crippen molar-refractivity contribution in [2.75, 3.05) is 13.2 Å². The van der Waals surface area contributed by atoms with Crippen LogP contribution in [0.4, 0.5) is 4.39 Å². The van der Waals surface area contributed by atoms with Crippen molar-refractivity contribution in [2.24, 2.45) is 0 Å². The number of esters is 1. The Kier molecular flexibility index (Phi) is 7.58. The molecule has 3 heterocycles. The molecule has 1 aromatic carbocycles. The molecule has 8 heteroatoms. The van der Waals surface area contributed by atoms with E-state index < -0.39 is 11.8 Å². The van der Waals surface area contributed by atoms with Crippen molar-refractivity contribution < 1.29 is 18.7 Å². The fraction of sp³-hybridized carbons (Fsp3) is 0.407. The number of aryl methyl sites for hydroxylation is 1. The van der Waals surface area contributed by atoms with Crippen LogP contribution in [0.15, 0.2) is 36.4 Å². The molecule has 35 heavy (non-hydrogen) atoms. The standard InChI is InChI=1S/C27H31FN4O3/c1-4-20-16-23(27(34)31-15-8-6-7-10-18(31)3)29-24-17-22(30-32(20)24)21-12-9-11-19(26(21)28)13-14-25(33)35-5-2/h9,11-14,16-18H,4-8,10,15H2,1-3H3/b14-13+/t18-/m1/s1. The van der Waals surface area contributed by atoms with Crippen LogP contribution in [-0.4, -0.2) is 50.6 Å². The third-order valence-electron chi connectivity index (χ3n) is 6.39. The predicted octanol–water partition coefficient (Wildman–Crippen LogP) is 5.08. The molecule has 0 N–H and O–H groups in total. The zero-order valence-corrected chi connectivity index (χ0v) is 20.5. The van der Waals surface area contributed by atoms with Gasteiger partial charge >= 0.3 is 5.97 Å². The zero-order valence-electron chi connectivity index (χ0n) is 20.5. The third kappa shape index (κ3) is 5.26. The van der Waals surface area contributed by atoms with Crippen molar-refractivity contribution >= 4 is 23.6 Å². The topological polar surface area (TPSA) is 76.8 Å². The van der Waals surface area contributed by atoms with Crippen LogP contribution in [0.25, 0.3) is 23.0 Å². The smallest absolute Gasteiger partial charge is 0.330 e. The molecule has 1 aliphatic rings. The van der Waals surface area contributed by atoms with Crippen molar-refractivity contribution in [2.45, 2.75) is 58.9 Å². The summed E-state index contributed by atoms with van der Waals surface area (Å²) in [6, 6.07) is 8.58. The monoisotopic (exact) mass is 478 g/mol. The van der Waals surface area contributed by atoms with Gasteiger partial charge in [-0.2, -0.15) is 5.10 Å². The van der Waals surface area contributed by atoms with Gasteiger partial charge in [-0.3, -0.25) is 4.79 Å². The minimum Gasteiger partial charge on any atom is -0.463 e. The molecule has 2 aromatic heterocycles.